The van der Waals surface area contributed by atoms with Crippen LogP contribution in [0.4, 0.5) is 0 Å². The number of allylic oxidation sites excluding steroid dienone is 1. The van der Waals surface area contributed by atoms with Crippen LogP contribution in [0.5, 0.6) is 0 Å². The second-order valence-corrected chi connectivity index (χ2v) is 15.2. The summed E-state index contributed by atoms with van der Waals surface area (Å²) >= 11 is 0. The van der Waals surface area contributed by atoms with Gasteiger partial charge in [-0.3, -0.25) is 4.79 Å². The maximum Gasteiger partial charge on any atom is 0.302 e. The van der Waals surface area contributed by atoms with E-state index in [1.165, 1.54) is 12.5 Å². The van der Waals surface area contributed by atoms with Crippen molar-refractivity contribution in [2.75, 3.05) is 19.8 Å². The minimum absolute atomic E-state index is 0.0117. The maximum atomic E-state index is 11.6. The molecule has 1 N–H and O–H groups in total. The Labute approximate surface area is 239 Å². The summed E-state index contributed by atoms with van der Waals surface area (Å²) < 4.78 is 30.5. The minimum atomic E-state index is -0.239. The minimum Gasteiger partial charge on any atom is -0.462 e. The lowest BCUT2D eigenvalue weighted by Crippen LogP contribution is -2.63. The highest BCUT2D eigenvalue weighted by Gasteiger charge is 2.82. The molecule has 0 radical (unpaired) electrons. The Bertz CT molecular complexity index is 1170. The van der Waals surface area contributed by atoms with E-state index in [-0.39, 0.29) is 76.0 Å². The topological polar surface area (TPSA) is 90.1 Å². The Morgan fingerprint density at radius 1 is 0.925 bits per heavy atom. The van der Waals surface area contributed by atoms with E-state index in [2.05, 4.69) is 53.7 Å². The highest BCUT2D eigenvalue weighted by atomic mass is 16.6. The molecule has 2 spiro atoms. The van der Waals surface area contributed by atoms with Crippen molar-refractivity contribution < 1.29 is 33.6 Å². The number of fused-ring (bicyclic) bond motifs is 4. The van der Waals surface area contributed by atoms with Crippen LogP contribution in [0.2, 0.25) is 0 Å². The van der Waals surface area contributed by atoms with Gasteiger partial charge in [0.05, 0.1) is 44.2 Å². The van der Waals surface area contributed by atoms with Crippen molar-refractivity contribution in [3.8, 4) is 0 Å². The molecule has 4 aliphatic heterocycles. The van der Waals surface area contributed by atoms with Crippen molar-refractivity contribution in [2.45, 2.75) is 129 Å². The lowest BCUT2D eigenvalue weighted by atomic mass is 9.50. The number of aliphatic hydroxyl groups excluding tert-OH is 1. The van der Waals surface area contributed by atoms with E-state index in [4.69, 9.17) is 23.7 Å². The van der Waals surface area contributed by atoms with Gasteiger partial charge in [-0.25, -0.2) is 0 Å². The first kappa shape index (κ1) is 27.6. The largest absolute Gasteiger partial charge is 0.462 e. The van der Waals surface area contributed by atoms with E-state index in [1.54, 1.807) is 0 Å². The molecule has 4 saturated heterocycles. The fourth-order valence-corrected chi connectivity index (χ4v) is 10.6. The van der Waals surface area contributed by atoms with Crippen molar-refractivity contribution in [1.29, 1.82) is 0 Å². The van der Waals surface area contributed by atoms with Gasteiger partial charge in [0.2, 0.25) is 0 Å². The molecular formula is C33H48O7. The van der Waals surface area contributed by atoms with E-state index in [9.17, 15) is 9.90 Å². The third-order valence-electron chi connectivity index (χ3n) is 13.9. The Morgan fingerprint density at radius 2 is 1.48 bits per heavy atom. The van der Waals surface area contributed by atoms with Gasteiger partial charge in [-0.05, 0) is 50.5 Å². The molecule has 0 unspecified atom stereocenters. The zero-order valence-corrected chi connectivity index (χ0v) is 25.4. The average molecular weight is 557 g/mol. The lowest BCUT2D eigenvalue weighted by molar-refractivity contribution is -0.210. The predicted octanol–water partition coefficient (Wildman–Crippen LogP) is 4.90. The first-order chi connectivity index (χ1) is 18.8. The third kappa shape index (κ3) is 3.12. The molecule has 7 nitrogen and oxygen atoms in total. The number of esters is 1. The summed E-state index contributed by atoms with van der Waals surface area (Å²) in [6.07, 6.45) is 11.0. The molecular weight excluding hydrogens is 508 g/mol. The van der Waals surface area contributed by atoms with Crippen molar-refractivity contribution >= 4 is 5.97 Å². The van der Waals surface area contributed by atoms with Crippen molar-refractivity contribution in [3.05, 3.63) is 23.3 Å². The van der Waals surface area contributed by atoms with Gasteiger partial charge in [0.15, 0.2) is 0 Å². The molecule has 222 valence electrons. The summed E-state index contributed by atoms with van der Waals surface area (Å²) in [7, 11) is 0. The van der Waals surface area contributed by atoms with E-state index < -0.39 is 0 Å². The van der Waals surface area contributed by atoms with Crippen molar-refractivity contribution in [2.24, 2.45) is 27.6 Å². The molecule has 2 saturated carbocycles. The van der Waals surface area contributed by atoms with Gasteiger partial charge in [0.1, 0.15) is 17.3 Å². The normalized spacial score (nSPS) is 56.4. The number of hydrogen-bond donors (Lipinski definition) is 1. The van der Waals surface area contributed by atoms with Crippen LogP contribution in [-0.2, 0) is 28.5 Å². The van der Waals surface area contributed by atoms with Gasteiger partial charge in [-0.2, -0.15) is 0 Å². The highest BCUT2D eigenvalue weighted by molar-refractivity contribution is 5.66. The predicted molar refractivity (Wildman–Crippen MR) is 148 cm³/mol. The van der Waals surface area contributed by atoms with Crippen LogP contribution in [0.15, 0.2) is 23.3 Å². The summed E-state index contributed by atoms with van der Waals surface area (Å²) in [6, 6.07) is 0. The summed E-state index contributed by atoms with van der Waals surface area (Å²) in [4.78, 5) is 11.6. The van der Waals surface area contributed by atoms with Crippen LogP contribution >= 0.6 is 0 Å². The van der Waals surface area contributed by atoms with Gasteiger partial charge in [0.25, 0.3) is 0 Å². The number of aliphatic hydroxyl groups is 1. The molecule has 0 aromatic heterocycles. The van der Waals surface area contributed by atoms with Crippen LogP contribution in [0.3, 0.4) is 0 Å². The SMILES string of the molecule is CC(=O)O[C@@H]1C[C@H]2O[C@@H]3C=C(C)CC[C@]3(C)[C@]1(C)[C@]21CO1.C[C@@H]1C[C@H]2O[C@@H]3C=C(CO)CC[C@]3(C)[C@]1(C)[C@]21CO1. The van der Waals surface area contributed by atoms with Gasteiger partial charge < -0.3 is 28.8 Å². The van der Waals surface area contributed by atoms with Gasteiger partial charge in [0, 0.05) is 35.0 Å². The summed E-state index contributed by atoms with van der Waals surface area (Å²) in [6.45, 7) is 17.2. The number of carbonyl (C=O) groups is 1. The monoisotopic (exact) mass is 556 g/mol. The molecule has 0 aromatic carbocycles. The average Bonchev–Trinajstić information content (AvgIpc) is 3.82. The second kappa shape index (κ2) is 8.43. The number of carbonyl (C=O) groups excluding carboxylic acids is 1. The zero-order valence-electron chi connectivity index (χ0n) is 25.4. The molecule has 4 heterocycles. The maximum absolute atomic E-state index is 11.6. The van der Waals surface area contributed by atoms with Gasteiger partial charge in [-0.15, -0.1) is 0 Å². The molecule has 40 heavy (non-hydrogen) atoms. The molecule has 0 aromatic rings. The Hall–Kier alpha value is -1.25. The van der Waals surface area contributed by atoms with E-state index in [0.717, 1.165) is 57.3 Å². The second-order valence-electron chi connectivity index (χ2n) is 15.2. The third-order valence-corrected chi connectivity index (χ3v) is 13.9. The fraction of sp³-hybridized carbons (Fsp3) is 0.848. The molecule has 12 atom stereocenters. The van der Waals surface area contributed by atoms with Gasteiger partial charge in [-0.1, -0.05) is 52.3 Å². The summed E-state index contributed by atoms with van der Waals surface area (Å²) in [5.41, 5.74) is 2.41. The molecule has 8 rings (SSSR count). The first-order valence-corrected chi connectivity index (χ1v) is 15.5. The fourth-order valence-electron chi connectivity index (χ4n) is 10.6. The smallest absolute Gasteiger partial charge is 0.302 e. The standard InChI is InChI=1S/C17H24O4.C16H24O3/c1-10-5-6-15(3)12(7-10)21-14-8-13(20-11(2)18)16(15,4)17(14)9-19-17;1-10-6-13-16(9-18-16)15(10,3)14(2)5-4-11(8-17)7-12(14)19-13/h7,12-14H,5-6,8-9H2,1-4H3;7,10,12-13,17H,4-6,8-9H2,1-3H3/t12-,13-,14-,15+,16-,17+;10-,12-,13-,14+,15-,16+/m11/s1. The Kier molecular flexibility index (Phi) is 5.81. The quantitative estimate of drug-likeness (QED) is 0.294. The highest BCUT2D eigenvalue weighted by Crippen LogP contribution is 2.74. The van der Waals surface area contributed by atoms with Crippen LogP contribution < -0.4 is 0 Å². The molecule has 8 aliphatic rings. The molecule has 4 aliphatic carbocycles. The van der Waals surface area contributed by atoms with Crippen molar-refractivity contribution in [1.82, 2.24) is 0 Å². The van der Waals surface area contributed by atoms with Crippen LogP contribution in [0.25, 0.3) is 0 Å². The molecule has 7 heteroatoms. The number of ether oxygens (including phenoxy) is 5. The van der Waals surface area contributed by atoms with Crippen LogP contribution in [-0.4, -0.2) is 72.6 Å². The van der Waals surface area contributed by atoms with Crippen LogP contribution in [0, 0.1) is 27.6 Å². The zero-order chi connectivity index (χ0) is 28.5. The summed E-state index contributed by atoms with van der Waals surface area (Å²) in [5.74, 6) is 0.436. The number of hydrogen-bond acceptors (Lipinski definition) is 7. The Balaban J connectivity index is 0.000000133. The lowest BCUT2D eigenvalue weighted by Gasteiger charge is -2.58. The van der Waals surface area contributed by atoms with Gasteiger partial charge >= 0.3 is 5.97 Å². The Morgan fingerprint density at radius 3 is 2.08 bits per heavy atom. The molecule has 0 amide bonds. The van der Waals surface area contributed by atoms with Crippen LogP contribution in [0.1, 0.15) is 87.0 Å². The molecule has 4 bridgehead atoms. The van der Waals surface area contributed by atoms with Crippen molar-refractivity contribution in [3.63, 3.8) is 0 Å². The first-order valence-electron chi connectivity index (χ1n) is 15.5. The van der Waals surface area contributed by atoms with E-state index >= 15 is 0 Å². The number of rotatable bonds is 2. The molecule has 6 fully saturated rings. The summed E-state index contributed by atoms with van der Waals surface area (Å²) in [5, 5.41) is 9.40. The van der Waals surface area contributed by atoms with E-state index in [1.807, 2.05) is 0 Å². The van der Waals surface area contributed by atoms with E-state index in [0.29, 0.717) is 5.92 Å². The number of epoxide rings is 2.